The van der Waals surface area contributed by atoms with Crippen LogP contribution in [-0.2, 0) is 18.0 Å². The van der Waals surface area contributed by atoms with Gasteiger partial charge in [0.1, 0.15) is 10.7 Å². The Kier molecular flexibility index (Phi) is 4.76. The molecule has 3 rings (SSSR count). The van der Waals surface area contributed by atoms with Crippen molar-refractivity contribution in [3.8, 4) is 0 Å². The molecule has 1 aromatic rings. The van der Waals surface area contributed by atoms with Crippen molar-refractivity contribution in [2.45, 2.75) is 31.1 Å². The summed E-state index contributed by atoms with van der Waals surface area (Å²) in [4.78, 5) is 14.7. The van der Waals surface area contributed by atoms with E-state index in [1.807, 2.05) is 0 Å². The highest BCUT2D eigenvalue weighted by atomic mass is 35.5. The van der Waals surface area contributed by atoms with Crippen LogP contribution in [0.4, 0.5) is 13.2 Å². The van der Waals surface area contributed by atoms with Gasteiger partial charge in [-0.3, -0.25) is 14.4 Å². The lowest BCUT2D eigenvalue weighted by Crippen LogP contribution is -2.50. The summed E-state index contributed by atoms with van der Waals surface area (Å²) >= 11 is 5.75. The van der Waals surface area contributed by atoms with Crippen LogP contribution in [0.15, 0.2) is 0 Å². The molecule has 0 unspecified atom stereocenters. The number of nitrogens with one attached hydrogen (secondary N) is 1. The third kappa shape index (κ3) is 3.25. The number of hydrogen-bond donors (Lipinski definition) is 1. The van der Waals surface area contributed by atoms with Crippen LogP contribution in [0, 0.1) is 0 Å². The normalized spacial score (nSPS) is 25.4. The minimum atomic E-state index is -4.71. The molecule has 2 aliphatic heterocycles. The van der Waals surface area contributed by atoms with E-state index in [1.165, 1.54) is 7.05 Å². The first-order valence-corrected chi connectivity index (χ1v) is 8.09. The van der Waals surface area contributed by atoms with Crippen LogP contribution in [0.25, 0.3) is 0 Å². The van der Waals surface area contributed by atoms with Crippen LogP contribution >= 0.6 is 11.6 Å². The van der Waals surface area contributed by atoms with Crippen molar-refractivity contribution in [3.63, 3.8) is 0 Å². The predicted molar refractivity (Wildman–Crippen MR) is 79.9 cm³/mol. The average Bonchev–Trinajstić information content (AvgIpc) is 3.17. The second-order valence-corrected chi connectivity index (χ2v) is 6.44. The monoisotopic (exact) mass is 366 g/mol. The number of aryl methyl sites for hydroxylation is 1. The van der Waals surface area contributed by atoms with Gasteiger partial charge in [0.25, 0.3) is 5.91 Å². The highest BCUT2D eigenvalue weighted by Gasteiger charge is 2.41. The Balaban J connectivity index is 1.76. The van der Waals surface area contributed by atoms with E-state index < -0.39 is 22.8 Å². The van der Waals surface area contributed by atoms with Crippen LogP contribution in [0.2, 0.25) is 5.02 Å². The van der Waals surface area contributed by atoms with E-state index >= 15 is 0 Å². The molecule has 0 saturated carbocycles. The molecule has 1 N–H and O–H groups in total. The highest BCUT2D eigenvalue weighted by molar-refractivity contribution is 6.34. The molecule has 2 atom stereocenters. The summed E-state index contributed by atoms with van der Waals surface area (Å²) < 4.78 is 44.9. The SMILES string of the molecule is Cn1nc(C(F)(F)F)c(Cl)c1C(=O)N[C@@H]1COC[C@H]1N1CCCC1. The summed E-state index contributed by atoms with van der Waals surface area (Å²) in [6.45, 7) is 2.70. The molecule has 1 amide bonds. The van der Waals surface area contributed by atoms with Crippen LogP contribution in [0.1, 0.15) is 29.0 Å². The van der Waals surface area contributed by atoms with E-state index in [-0.39, 0.29) is 17.8 Å². The summed E-state index contributed by atoms with van der Waals surface area (Å²) in [6, 6.07) is -0.249. The molecule has 0 aliphatic carbocycles. The molecule has 6 nitrogen and oxygen atoms in total. The Hall–Kier alpha value is -1.32. The fourth-order valence-electron chi connectivity index (χ4n) is 3.28. The molecular weight excluding hydrogens is 349 g/mol. The number of carbonyl (C=O) groups excluding carboxylic acids is 1. The summed E-state index contributed by atoms with van der Waals surface area (Å²) in [5, 5.41) is 5.40. The first-order chi connectivity index (χ1) is 11.3. The number of rotatable bonds is 3. The van der Waals surface area contributed by atoms with Gasteiger partial charge >= 0.3 is 6.18 Å². The minimum absolute atomic E-state index is 0.0329. The van der Waals surface area contributed by atoms with Crippen molar-refractivity contribution in [1.29, 1.82) is 0 Å². The number of amides is 1. The van der Waals surface area contributed by atoms with Crippen molar-refractivity contribution < 1.29 is 22.7 Å². The molecule has 0 aromatic carbocycles. The Labute approximate surface area is 141 Å². The number of halogens is 4. The standard InChI is InChI=1S/C14H18ClF3N4O2/c1-21-11(10(15)12(20-21)14(16,17)18)13(23)19-8-6-24-7-9(8)22-4-2-3-5-22/h8-9H,2-7H2,1H3,(H,19,23)/t8-,9-/m1/s1. The van der Waals surface area contributed by atoms with Gasteiger partial charge in [-0.25, -0.2) is 0 Å². The van der Waals surface area contributed by atoms with Gasteiger partial charge < -0.3 is 10.1 Å². The van der Waals surface area contributed by atoms with Gasteiger partial charge in [0.2, 0.25) is 0 Å². The van der Waals surface area contributed by atoms with Gasteiger partial charge in [-0.05, 0) is 25.9 Å². The van der Waals surface area contributed by atoms with Crippen LogP contribution in [0.5, 0.6) is 0 Å². The predicted octanol–water partition coefficient (Wildman–Crippen LogP) is 1.69. The van der Waals surface area contributed by atoms with Gasteiger partial charge in [0.05, 0.1) is 25.3 Å². The molecule has 0 bridgehead atoms. The molecule has 0 spiro atoms. The van der Waals surface area contributed by atoms with Crippen LogP contribution < -0.4 is 5.32 Å². The van der Waals surface area contributed by atoms with Crippen LogP contribution in [-0.4, -0.2) is 59.0 Å². The topological polar surface area (TPSA) is 59.4 Å². The summed E-state index contributed by atoms with van der Waals surface area (Å²) in [6.07, 6.45) is -2.51. The third-order valence-electron chi connectivity index (χ3n) is 4.45. The molecule has 0 radical (unpaired) electrons. The second-order valence-electron chi connectivity index (χ2n) is 6.06. The zero-order valence-electron chi connectivity index (χ0n) is 13.1. The molecule has 3 heterocycles. The fraction of sp³-hybridized carbons (Fsp3) is 0.714. The lowest BCUT2D eigenvalue weighted by Gasteiger charge is -2.27. The van der Waals surface area contributed by atoms with E-state index in [2.05, 4.69) is 15.3 Å². The zero-order valence-corrected chi connectivity index (χ0v) is 13.8. The Morgan fingerprint density at radius 3 is 2.58 bits per heavy atom. The van der Waals surface area contributed by atoms with Gasteiger partial charge in [-0.2, -0.15) is 18.3 Å². The second kappa shape index (κ2) is 6.53. The van der Waals surface area contributed by atoms with Gasteiger partial charge in [-0.1, -0.05) is 11.6 Å². The molecule has 134 valence electrons. The van der Waals surface area contributed by atoms with E-state index in [0.717, 1.165) is 30.6 Å². The van der Waals surface area contributed by atoms with Crippen molar-refractivity contribution in [1.82, 2.24) is 20.0 Å². The van der Waals surface area contributed by atoms with E-state index in [1.54, 1.807) is 0 Å². The number of nitrogens with zero attached hydrogens (tertiary/aromatic N) is 3. The maximum atomic E-state index is 12.9. The first-order valence-electron chi connectivity index (χ1n) is 7.71. The number of likely N-dealkylation sites (tertiary alicyclic amines) is 1. The molecule has 2 aliphatic rings. The van der Waals surface area contributed by atoms with Gasteiger partial charge in [0.15, 0.2) is 5.69 Å². The summed E-state index contributed by atoms with van der Waals surface area (Å²) in [5.74, 6) is -0.676. The van der Waals surface area contributed by atoms with Crippen molar-refractivity contribution in [2.75, 3.05) is 26.3 Å². The molecular formula is C14H18ClF3N4O2. The first kappa shape index (κ1) is 17.5. The number of hydrogen-bond acceptors (Lipinski definition) is 4. The summed E-state index contributed by atoms with van der Waals surface area (Å²) in [7, 11) is 1.26. The van der Waals surface area contributed by atoms with Crippen molar-refractivity contribution >= 4 is 17.5 Å². The number of ether oxygens (including phenoxy) is 1. The summed E-state index contributed by atoms with van der Waals surface area (Å²) in [5.41, 5.74) is -1.55. The largest absolute Gasteiger partial charge is 0.436 e. The third-order valence-corrected chi connectivity index (χ3v) is 4.81. The molecule has 2 saturated heterocycles. The Morgan fingerprint density at radius 1 is 1.33 bits per heavy atom. The zero-order chi connectivity index (χ0) is 17.5. The molecule has 1 aromatic heterocycles. The van der Waals surface area contributed by atoms with E-state index in [4.69, 9.17) is 16.3 Å². The maximum absolute atomic E-state index is 12.9. The molecule has 24 heavy (non-hydrogen) atoms. The molecule has 2 fully saturated rings. The molecule has 10 heteroatoms. The quantitative estimate of drug-likeness (QED) is 0.884. The Morgan fingerprint density at radius 2 is 2.00 bits per heavy atom. The van der Waals surface area contributed by atoms with E-state index in [0.29, 0.717) is 13.2 Å². The highest BCUT2D eigenvalue weighted by Crippen LogP contribution is 2.35. The minimum Gasteiger partial charge on any atom is -0.378 e. The Bertz CT molecular complexity index is 628. The maximum Gasteiger partial charge on any atom is 0.436 e. The number of carbonyl (C=O) groups is 1. The number of aromatic nitrogens is 2. The van der Waals surface area contributed by atoms with Crippen molar-refractivity contribution in [3.05, 3.63) is 16.4 Å². The smallest absolute Gasteiger partial charge is 0.378 e. The number of alkyl halides is 3. The van der Waals surface area contributed by atoms with E-state index in [9.17, 15) is 18.0 Å². The van der Waals surface area contributed by atoms with Crippen LogP contribution in [0.3, 0.4) is 0 Å². The fourth-order valence-corrected chi connectivity index (χ4v) is 3.63. The lowest BCUT2D eigenvalue weighted by atomic mass is 10.1. The van der Waals surface area contributed by atoms with Crippen molar-refractivity contribution in [2.24, 2.45) is 7.05 Å². The van der Waals surface area contributed by atoms with Gasteiger partial charge in [-0.15, -0.1) is 0 Å². The lowest BCUT2D eigenvalue weighted by molar-refractivity contribution is -0.141. The van der Waals surface area contributed by atoms with Gasteiger partial charge in [0, 0.05) is 7.05 Å². The average molecular weight is 367 g/mol.